The lowest BCUT2D eigenvalue weighted by Gasteiger charge is -2.60. The van der Waals surface area contributed by atoms with E-state index in [4.69, 9.17) is 0 Å². The van der Waals surface area contributed by atoms with E-state index in [1.807, 2.05) is 4.90 Å². The first kappa shape index (κ1) is 32.9. The number of piperazine rings is 1. The molecule has 6 rings (SSSR count). The Morgan fingerprint density at radius 2 is 1.87 bits per heavy atom. The van der Waals surface area contributed by atoms with E-state index in [0.717, 1.165) is 17.0 Å². The van der Waals surface area contributed by atoms with E-state index in [1.54, 1.807) is 11.0 Å². The number of pyridine rings is 1. The Morgan fingerprint density at radius 3 is 2.55 bits per heavy atom. The minimum atomic E-state index is -4.67. The SMILES string of the molecule is C=CC(=O)N1CC2(C1)N[C@H](C)CN(CCN1C[C@H]3CC(=O)N(c4cc(C(F)(F)F)cc(C)n4)[C@@H]3C(=O)N(C)c3cccc(F)c31)[C@@H]2C. The number of likely N-dealkylation sites (tertiary alicyclic amines) is 1. The zero-order valence-electron chi connectivity index (χ0n) is 26.9. The standard InChI is InChI=1S/C33H39F4N7O3/c1-6-27(45)43-17-32(18-43)21(4)41(15-20(3)39-32)10-11-42-16-22-13-28(46)44(26-14-23(33(35,36)37)12-19(2)38-26)29(22)31(47)40(5)25-9-7-8-24(34)30(25)42/h6-9,12,14,20-22,29,39H,1,10-11,13,15-18H2,2-5H3/t20-,21-,22-,29+/m1/s1. The lowest BCUT2D eigenvalue weighted by atomic mass is 9.79. The number of fused-ring (bicyclic) bond motifs is 2. The largest absolute Gasteiger partial charge is 0.416 e. The zero-order valence-corrected chi connectivity index (χ0v) is 26.9. The number of alkyl halides is 3. The summed E-state index contributed by atoms with van der Waals surface area (Å²) in [5.74, 6) is -2.56. The summed E-state index contributed by atoms with van der Waals surface area (Å²) >= 11 is 0. The van der Waals surface area contributed by atoms with Crippen molar-refractivity contribution in [2.75, 3.05) is 61.0 Å². The molecule has 47 heavy (non-hydrogen) atoms. The molecule has 3 fully saturated rings. The fourth-order valence-electron chi connectivity index (χ4n) is 7.79. The molecular weight excluding hydrogens is 618 g/mol. The van der Waals surface area contributed by atoms with Gasteiger partial charge in [0, 0.05) is 76.4 Å². The van der Waals surface area contributed by atoms with Gasteiger partial charge < -0.3 is 20.0 Å². The van der Waals surface area contributed by atoms with Gasteiger partial charge in [-0.1, -0.05) is 12.6 Å². The molecular formula is C33H39F4N7O3. The average molecular weight is 658 g/mol. The molecule has 1 aromatic heterocycles. The number of anilines is 3. The van der Waals surface area contributed by atoms with E-state index in [2.05, 4.69) is 35.6 Å². The molecule has 3 saturated heterocycles. The van der Waals surface area contributed by atoms with Gasteiger partial charge in [0.05, 0.1) is 22.5 Å². The molecule has 0 bridgehead atoms. The van der Waals surface area contributed by atoms with Gasteiger partial charge in [-0.2, -0.15) is 13.2 Å². The van der Waals surface area contributed by atoms with Gasteiger partial charge in [-0.3, -0.25) is 24.2 Å². The Morgan fingerprint density at radius 1 is 1.15 bits per heavy atom. The van der Waals surface area contributed by atoms with Crippen LogP contribution in [0.15, 0.2) is 43.0 Å². The highest BCUT2D eigenvalue weighted by atomic mass is 19.4. The summed E-state index contributed by atoms with van der Waals surface area (Å²) in [7, 11) is 1.49. The van der Waals surface area contributed by atoms with Crippen molar-refractivity contribution in [3.63, 3.8) is 0 Å². The number of amides is 3. The number of hydrogen-bond donors (Lipinski definition) is 1. The molecule has 252 valence electrons. The van der Waals surface area contributed by atoms with Gasteiger partial charge in [0.15, 0.2) is 0 Å². The Labute approximate surface area is 271 Å². The van der Waals surface area contributed by atoms with E-state index < -0.39 is 41.3 Å². The van der Waals surface area contributed by atoms with Gasteiger partial charge >= 0.3 is 6.18 Å². The van der Waals surface area contributed by atoms with Gasteiger partial charge in [0.25, 0.3) is 0 Å². The maximum Gasteiger partial charge on any atom is 0.416 e. The van der Waals surface area contributed by atoms with Crippen LogP contribution in [0.2, 0.25) is 0 Å². The van der Waals surface area contributed by atoms with E-state index >= 15 is 4.39 Å². The first-order valence-corrected chi connectivity index (χ1v) is 15.8. The smallest absolute Gasteiger partial charge is 0.366 e. The van der Waals surface area contributed by atoms with E-state index in [-0.39, 0.29) is 53.7 Å². The molecule has 3 amide bonds. The Hall–Kier alpha value is -4.04. The number of carbonyl (C=O) groups excluding carboxylic acids is 3. The van der Waals surface area contributed by atoms with E-state index in [9.17, 15) is 27.6 Å². The molecule has 0 aliphatic carbocycles. The van der Waals surface area contributed by atoms with E-state index in [0.29, 0.717) is 38.4 Å². The van der Waals surface area contributed by atoms with Gasteiger partial charge in [0.2, 0.25) is 17.7 Å². The maximum absolute atomic E-state index is 15.7. The predicted molar refractivity (Wildman–Crippen MR) is 169 cm³/mol. The van der Waals surface area contributed by atoms with Crippen molar-refractivity contribution in [1.29, 1.82) is 0 Å². The molecule has 4 aliphatic heterocycles. The van der Waals surface area contributed by atoms with Crippen LogP contribution >= 0.6 is 0 Å². The molecule has 10 nitrogen and oxygen atoms in total. The Kier molecular flexibility index (Phi) is 8.32. The van der Waals surface area contributed by atoms with Crippen LogP contribution in [0.25, 0.3) is 0 Å². The van der Waals surface area contributed by atoms with Crippen molar-refractivity contribution >= 4 is 34.9 Å². The van der Waals surface area contributed by atoms with Crippen LogP contribution in [0.4, 0.5) is 34.8 Å². The van der Waals surface area contributed by atoms with Crippen molar-refractivity contribution in [1.82, 2.24) is 20.1 Å². The van der Waals surface area contributed by atoms with Crippen LogP contribution in [0, 0.1) is 18.7 Å². The minimum absolute atomic E-state index is 0.0400. The topological polar surface area (TPSA) is 92.3 Å². The third-order valence-corrected chi connectivity index (χ3v) is 10.1. The molecule has 1 N–H and O–H groups in total. The molecule has 14 heteroatoms. The quantitative estimate of drug-likeness (QED) is 0.390. The van der Waals surface area contributed by atoms with Gasteiger partial charge in [-0.15, -0.1) is 0 Å². The molecule has 5 heterocycles. The maximum atomic E-state index is 15.7. The van der Waals surface area contributed by atoms with Crippen molar-refractivity contribution in [2.24, 2.45) is 5.92 Å². The zero-order chi connectivity index (χ0) is 34.0. The van der Waals surface area contributed by atoms with Crippen molar-refractivity contribution in [3.8, 4) is 0 Å². The predicted octanol–water partition coefficient (Wildman–Crippen LogP) is 3.20. The normalized spacial score (nSPS) is 26.1. The van der Waals surface area contributed by atoms with Crippen molar-refractivity contribution in [3.05, 3.63) is 60.1 Å². The molecule has 4 atom stereocenters. The molecule has 4 aliphatic rings. The van der Waals surface area contributed by atoms with Crippen molar-refractivity contribution < 1.29 is 31.9 Å². The highest BCUT2D eigenvalue weighted by Crippen LogP contribution is 2.41. The molecule has 1 spiro atoms. The molecule has 0 radical (unpaired) electrons. The Bertz CT molecular complexity index is 1610. The van der Waals surface area contributed by atoms with Crippen molar-refractivity contribution in [2.45, 2.75) is 57.0 Å². The summed E-state index contributed by atoms with van der Waals surface area (Å²) in [5.41, 5.74) is -0.665. The highest BCUT2D eigenvalue weighted by Gasteiger charge is 2.53. The van der Waals surface area contributed by atoms with Crippen LogP contribution in [-0.4, -0.2) is 102 Å². The fourth-order valence-corrected chi connectivity index (χ4v) is 7.79. The minimum Gasteiger partial charge on any atom is -0.366 e. The lowest BCUT2D eigenvalue weighted by Crippen LogP contribution is -2.81. The van der Waals surface area contributed by atoms with Crippen LogP contribution in [0.1, 0.15) is 31.5 Å². The molecule has 2 aromatic rings. The molecule has 0 unspecified atom stereocenters. The number of nitrogens with zero attached hydrogens (tertiary/aromatic N) is 6. The fraction of sp³-hybridized carbons (Fsp3) is 0.515. The first-order chi connectivity index (χ1) is 22.1. The van der Waals surface area contributed by atoms with Crippen LogP contribution in [-0.2, 0) is 20.6 Å². The molecule has 0 saturated carbocycles. The molecule has 1 aromatic carbocycles. The summed E-state index contributed by atoms with van der Waals surface area (Å²) in [4.78, 5) is 52.3. The number of hydrogen-bond acceptors (Lipinski definition) is 7. The number of halogens is 4. The number of benzene rings is 1. The number of carbonyl (C=O) groups is 3. The first-order valence-electron chi connectivity index (χ1n) is 15.8. The number of likely N-dealkylation sites (N-methyl/N-ethyl adjacent to an activating group) is 1. The number of nitrogens with one attached hydrogen (secondary N) is 1. The summed E-state index contributed by atoms with van der Waals surface area (Å²) in [6.07, 6.45) is -3.47. The van der Waals surface area contributed by atoms with Gasteiger partial charge in [-0.05, 0) is 51.1 Å². The third-order valence-electron chi connectivity index (χ3n) is 10.1. The van der Waals surface area contributed by atoms with Crippen LogP contribution in [0.5, 0.6) is 0 Å². The summed E-state index contributed by atoms with van der Waals surface area (Å²) in [6, 6.07) is 5.19. The monoisotopic (exact) mass is 657 g/mol. The van der Waals surface area contributed by atoms with Crippen LogP contribution in [0.3, 0.4) is 0 Å². The number of para-hydroxylation sites is 1. The second-order valence-corrected chi connectivity index (χ2v) is 13.2. The summed E-state index contributed by atoms with van der Waals surface area (Å²) in [6.45, 7) is 12.0. The van der Waals surface area contributed by atoms with E-state index in [1.165, 1.54) is 37.1 Å². The second kappa shape index (κ2) is 11.9. The number of aromatic nitrogens is 1. The average Bonchev–Trinajstić information content (AvgIpc) is 3.31. The van der Waals surface area contributed by atoms with Gasteiger partial charge in [0.1, 0.15) is 17.7 Å². The number of rotatable bonds is 5. The Balaban J connectivity index is 1.31. The summed E-state index contributed by atoms with van der Waals surface area (Å²) < 4.78 is 56.9. The third kappa shape index (κ3) is 5.75. The second-order valence-electron chi connectivity index (χ2n) is 13.2. The van der Waals surface area contributed by atoms with Gasteiger partial charge in [-0.25, -0.2) is 9.37 Å². The highest BCUT2D eigenvalue weighted by molar-refractivity contribution is 6.10. The number of aryl methyl sites for hydroxylation is 1. The van der Waals surface area contributed by atoms with Crippen LogP contribution < -0.4 is 20.0 Å². The lowest BCUT2D eigenvalue weighted by molar-refractivity contribution is -0.140. The summed E-state index contributed by atoms with van der Waals surface area (Å²) in [5, 5.41) is 3.68.